The van der Waals surface area contributed by atoms with Gasteiger partial charge in [0.15, 0.2) is 11.5 Å². The average molecular weight is 673 g/mol. The highest BCUT2D eigenvalue weighted by atomic mass is 32.9. The molecule has 6 aromatic carbocycles. The molecule has 0 N–H and O–H groups in total. The predicted octanol–water partition coefficient (Wildman–Crippen LogP) is 13.6. The van der Waals surface area contributed by atoms with Gasteiger partial charge >= 0.3 is 0 Å². The van der Waals surface area contributed by atoms with Crippen LogP contribution < -0.4 is 9.47 Å². The molecule has 8 rings (SSSR count). The van der Waals surface area contributed by atoms with Gasteiger partial charge in [-0.25, -0.2) is 9.97 Å². The largest absolute Gasteiger partial charge is 0.490 e. The number of rotatable bonds is 16. The van der Waals surface area contributed by atoms with Gasteiger partial charge in [0.25, 0.3) is 0 Å². The van der Waals surface area contributed by atoms with E-state index < -0.39 is 0 Å². The quantitative estimate of drug-likeness (QED) is 0.0582. The van der Waals surface area contributed by atoms with E-state index in [1.807, 2.05) is 20.7 Å². The Morgan fingerprint density at radius 2 is 0.896 bits per heavy atom. The summed E-state index contributed by atoms with van der Waals surface area (Å²) in [6, 6.07) is 21.9. The van der Waals surface area contributed by atoms with Gasteiger partial charge < -0.3 is 9.47 Å². The Kier molecular flexibility index (Phi) is 9.20. The number of hydrogen-bond donors (Lipinski definition) is 0. The number of hydrogen-bond acceptors (Lipinski definition) is 6. The minimum absolute atomic E-state index is 0.686. The lowest BCUT2D eigenvalue weighted by Crippen LogP contribution is -2.03. The zero-order chi connectivity index (χ0) is 32.5. The second-order valence-electron chi connectivity index (χ2n) is 13.4. The first-order chi connectivity index (χ1) is 23.8. The summed E-state index contributed by atoms with van der Waals surface area (Å²) in [7, 11) is 3.79. The number of fused-ring (bicyclic) bond motifs is 10. The topological polar surface area (TPSA) is 44.2 Å². The fraction of sp³-hybridized carbons (Fsp3) is 0.381. The van der Waals surface area contributed by atoms with Crippen LogP contribution in [0.4, 0.5) is 0 Å². The molecule has 2 aromatic heterocycles. The van der Waals surface area contributed by atoms with Gasteiger partial charge in [-0.05, 0) is 23.6 Å². The molecule has 48 heavy (non-hydrogen) atoms. The Morgan fingerprint density at radius 1 is 0.479 bits per heavy atom. The van der Waals surface area contributed by atoms with Crippen LogP contribution in [0.25, 0.3) is 74.6 Å². The number of aromatic nitrogens is 2. The second-order valence-corrected chi connectivity index (χ2v) is 15.5. The Morgan fingerprint density at radius 3 is 1.35 bits per heavy atom. The van der Waals surface area contributed by atoms with Crippen LogP contribution in [0.1, 0.15) is 90.9 Å². The van der Waals surface area contributed by atoms with Gasteiger partial charge in [-0.1, -0.05) is 147 Å². The van der Waals surface area contributed by atoms with Crippen LogP contribution in [-0.4, -0.2) is 23.2 Å². The van der Waals surface area contributed by atoms with E-state index in [1.54, 1.807) is 0 Å². The molecule has 0 atom stereocenters. The third-order valence-corrected chi connectivity index (χ3v) is 12.5. The van der Waals surface area contributed by atoms with E-state index in [1.165, 1.54) is 117 Å². The lowest BCUT2D eigenvalue weighted by Gasteiger charge is -2.14. The van der Waals surface area contributed by atoms with Crippen LogP contribution in [0.5, 0.6) is 11.5 Å². The van der Waals surface area contributed by atoms with Gasteiger partial charge in [0.05, 0.1) is 44.7 Å². The van der Waals surface area contributed by atoms with Gasteiger partial charge in [-0.15, -0.1) is 0 Å². The lowest BCUT2D eigenvalue weighted by atomic mass is 9.96. The molecule has 0 spiro atoms. The van der Waals surface area contributed by atoms with Crippen molar-refractivity contribution >= 4 is 95.2 Å². The number of unbranched alkanes of at least 4 members (excludes halogenated alkanes) is 10. The van der Waals surface area contributed by atoms with Gasteiger partial charge in [0.2, 0.25) is 0 Å². The molecular weight excluding hydrogens is 629 g/mol. The Bertz CT molecular complexity index is 2190. The first kappa shape index (κ1) is 31.5. The Labute approximate surface area is 289 Å². The molecule has 0 aliphatic rings. The summed E-state index contributed by atoms with van der Waals surface area (Å²) in [6.07, 6.45) is 14.8. The van der Waals surface area contributed by atoms with E-state index in [-0.39, 0.29) is 0 Å². The predicted molar refractivity (Wildman–Crippen MR) is 209 cm³/mol. The van der Waals surface area contributed by atoms with E-state index in [4.69, 9.17) is 19.4 Å². The third kappa shape index (κ3) is 5.61. The van der Waals surface area contributed by atoms with Crippen molar-refractivity contribution in [2.45, 2.75) is 90.9 Å². The first-order valence-electron chi connectivity index (χ1n) is 18.2. The lowest BCUT2D eigenvalue weighted by molar-refractivity contribution is 0.259. The highest BCUT2D eigenvalue weighted by Crippen LogP contribution is 2.53. The molecule has 246 valence electrons. The second kappa shape index (κ2) is 14.0. The molecule has 0 saturated carbocycles. The maximum Gasteiger partial charge on any atom is 0.163 e. The van der Waals surface area contributed by atoms with Crippen LogP contribution in [-0.2, 0) is 0 Å². The minimum atomic E-state index is 0.686. The summed E-state index contributed by atoms with van der Waals surface area (Å²) in [5.74, 6) is 1.58. The molecule has 4 nitrogen and oxygen atoms in total. The van der Waals surface area contributed by atoms with Crippen LogP contribution in [0.3, 0.4) is 0 Å². The van der Waals surface area contributed by atoms with Crippen molar-refractivity contribution in [3.8, 4) is 11.5 Å². The molecule has 6 heteroatoms. The molecule has 0 unspecified atom stereocenters. The molecule has 0 amide bonds. The summed E-state index contributed by atoms with van der Waals surface area (Å²) in [5.41, 5.74) is 3.67. The average Bonchev–Trinajstić information content (AvgIpc) is 3.70. The fourth-order valence-electron chi connectivity index (χ4n) is 7.56. The Hall–Kier alpha value is -3.74. The molecule has 0 saturated heterocycles. The number of nitrogens with zero attached hydrogens (tertiary/aromatic N) is 2. The van der Waals surface area contributed by atoms with Crippen LogP contribution in [0.15, 0.2) is 60.7 Å². The molecule has 2 heterocycles. The SMILES string of the molecule is CCCCCCCCOc1cc2nc3c(nc2cc1OCCCCCCCC)c1c2ccccc2c2ssc4c5ccccc5c3c1c42. The zero-order valence-electron chi connectivity index (χ0n) is 28.2. The van der Waals surface area contributed by atoms with Crippen molar-refractivity contribution in [3.63, 3.8) is 0 Å². The third-order valence-electron chi connectivity index (χ3n) is 10.0. The first-order valence-corrected chi connectivity index (χ1v) is 20.3. The van der Waals surface area contributed by atoms with Crippen molar-refractivity contribution in [2.75, 3.05) is 13.2 Å². The zero-order valence-corrected chi connectivity index (χ0v) is 29.8. The molecule has 0 bridgehead atoms. The van der Waals surface area contributed by atoms with Gasteiger partial charge in [0.1, 0.15) is 0 Å². The number of ether oxygens (including phenoxy) is 2. The Balaban J connectivity index is 1.26. The van der Waals surface area contributed by atoms with Crippen molar-refractivity contribution in [1.29, 1.82) is 0 Å². The van der Waals surface area contributed by atoms with Crippen molar-refractivity contribution < 1.29 is 9.47 Å². The fourth-order valence-corrected chi connectivity index (χ4v) is 10.4. The molecule has 0 fully saturated rings. The van der Waals surface area contributed by atoms with Crippen LogP contribution in [0, 0.1) is 0 Å². The van der Waals surface area contributed by atoms with Crippen LogP contribution in [0.2, 0.25) is 0 Å². The van der Waals surface area contributed by atoms with Gasteiger partial charge in [-0.2, -0.15) is 0 Å². The smallest absolute Gasteiger partial charge is 0.163 e. The highest BCUT2D eigenvalue weighted by Gasteiger charge is 2.25. The van der Waals surface area contributed by atoms with Crippen molar-refractivity contribution in [1.82, 2.24) is 9.97 Å². The van der Waals surface area contributed by atoms with Crippen molar-refractivity contribution in [3.05, 3.63) is 60.7 Å². The van der Waals surface area contributed by atoms with E-state index in [2.05, 4.69) is 74.5 Å². The monoisotopic (exact) mass is 672 g/mol. The summed E-state index contributed by atoms with van der Waals surface area (Å²) in [5, 5.41) is 10.2. The van der Waals surface area contributed by atoms with Gasteiger partial charge in [-0.3, -0.25) is 0 Å². The van der Waals surface area contributed by atoms with Crippen molar-refractivity contribution in [2.24, 2.45) is 0 Å². The van der Waals surface area contributed by atoms with Crippen LogP contribution >= 0.6 is 20.7 Å². The summed E-state index contributed by atoms with van der Waals surface area (Å²) >= 11 is 0. The summed E-state index contributed by atoms with van der Waals surface area (Å²) < 4.78 is 15.7. The minimum Gasteiger partial charge on any atom is -0.490 e. The van der Waals surface area contributed by atoms with E-state index >= 15 is 0 Å². The molecule has 8 aromatic rings. The van der Waals surface area contributed by atoms with Gasteiger partial charge in [0, 0.05) is 44.5 Å². The molecule has 0 radical (unpaired) electrons. The standard InChI is InChI=1S/C42H44N2O2S2/c1-3-5-7-9-11-17-23-45-33-25-31-32(26-34(33)46-24-18-12-10-8-6-4-2)44-40-36-28-20-14-16-22-30(28)42-38-37(36)35(39(40)43-31)27-19-13-15-21-29(27)41(38)47-48-42/h13-16,19-22,25-26H,3-12,17-18,23-24H2,1-2H3. The normalized spacial score (nSPS) is 12.3. The van der Waals surface area contributed by atoms with E-state index in [0.29, 0.717) is 13.2 Å². The molecule has 0 aliphatic heterocycles. The maximum atomic E-state index is 6.47. The molecule has 0 aliphatic carbocycles. The van der Waals surface area contributed by atoms with E-state index in [0.717, 1.165) is 46.4 Å². The maximum absolute atomic E-state index is 6.47. The van der Waals surface area contributed by atoms with E-state index in [9.17, 15) is 0 Å². The number of benzene rings is 5. The molecular formula is C42H44N2O2S2. The summed E-state index contributed by atoms with van der Waals surface area (Å²) in [6.45, 7) is 5.90. The summed E-state index contributed by atoms with van der Waals surface area (Å²) in [4.78, 5) is 10.9. The highest BCUT2D eigenvalue weighted by molar-refractivity contribution is 7.75.